The van der Waals surface area contributed by atoms with E-state index in [0.717, 1.165) is 6.42 Å². The first-order chi connectivity index (χ1) is 8.47. The van der Waals surface area contributed by atoms with Crippen LogP contribution >= 0.6 is 0 Å². The summed E-state index contributed by atoms with van der Waals surface area (Å²) in [5.74, 6) is 0.970. The third-order valence-corrected chi connectivity index (χ3v) is 6.43. The number of amides is 1. The summed E-state index contributed by atoms with van der Waals surface area (Å²) in [6.07, 6.45) is 6.69. The molecule has 0 spiro atoms. The fourth-order valence-electron chi connectivity index (χ4n) is 4.63. The molecule has 3 atom stereocenters. The lowest BCUT2D eigenvalue weighted by Gasteiger charge is -2.49. The zero-order chi connectivity index (χ0) is 13.0. The minimum atomic E-state index is -0.136. The molecule has 1 saturated carbocycles. The van der Waals surface area contributed by atoms with E-state index in [1.165, 1.54) is 38.8 Å². The van der Waals surface area contributed by atoms with Gasteiger partial charge in [-0.3, -0.25) is 4.79 Å². The van der Waals surface area contributed by atoms with Crippen LogP contribution in [0.4, 0.5) is 0 Å². The lowest BCUT2D eigenvalue weighted by Crippen LogP contribution is -3.19. The molecule has 1 amide bonds. The van der Waals surface area contributed by atoms with Gasteiger partial charge in [0.25, 0.3) is 0 Å². The number of hydrogen-bond donors (Lipinski definition) is 2. The zero-order valence-electron chi connectivity index (χ0n) is 12.0. The molecule has 3 fully saturated rings. The predicted octanol–water partition coefficient (Wildman–Crippen LogP) is 0.954. The normalized spacial score (nSPS) is 43.8. The first kappa shape index (κ1) is 12.5. The third kappa shape index (κ3) is 1.49. The van der Waals surface area contributed by atoms with Crippen LogP contribution in [0.3, 0.4) is 0 Å². The van der Waals surface area contributed by atoms with Crippen molar-refractivity contribution < 1.29 is 9.69 Å². The average Bonchev–Trinajstić information content (AvgIpc) is 2.51. The van der Waals surface area contributed by atoms with Gasteiger partial charge >= 0.3 is 0 Å². The molecule has 2 aliphatic heterocycles. The molecular weight excluding hydrogens is 224 g/mol. The molecule has 0 aromatic rings. The van der Waals surface area contributed by atoms with E-state index in [4.69, 9.17) is 0 Å². The molecule has 2 saturated heterocycles. The standard InChI is InChI=1S/C15H26N2O/c1-14(2)11-7-8-15(14,3)13(18)16-12(11)17-9-5-4-6-10-17/h11-12H,4-10H2,1-3H3,(H,16,18)/p+1/t11-,12+,15-/m0/s1. The number of hydrogen-bond acceptors (Lipinski definition) is 1. The van der Waals surface area contributed by atoms with Gasteiger partial charge in [-0.25, -0.2) is 0 Å². The van der Waals surface area contributed by atoms with E-state index in [0.29, 0.717) is 18.0 Å². The minimum absolute atomic E-state index is 0.136. The molecule has 0 unspecified atom stereocenters. The third-order valence-electron chi connectivity index (χ3n) is 6.43. The number of rotatable bonds is 1. The Bertz CT molecular complexity index is 360. The first-order valence-electron chi connectivity index (χ1n) is 7.62. The molecule has 3 nitrogen and oxygen atoms in total. The molecular formula is C15H27N2O+. The second kappa shape index (κ2) is 3.96. The number of nitrogens with one attached hydrogen (secondary N) is 2. The van der Waals surface area contributed by atoms with Crippen molar-refractivity contribution in [3.8, 4) is 0 Å². The highest BCUT2D eigenvalue weighted by atomic mass is 16.2. The van der Waals surface area contributed by atoms with Gasteiger partial charge in [0.05, 0.1) is 18.5 Å². The maximum absolute atomic E-state index is 12.5. The minimum Gasteiger partial charge on any atom is -0.315 e. The molecule has 3 aliphatic rings. The highest BCUT2D eigenvalue weighted by molar-refractivity contribution is 5.85. The molecule has 3 rings (SSSR count). The molecule has 3 heteroatoms. The average molecular weight is 251 g/mol. The van der Waals surface area contributed by atoms with Crippen molar-refractivity contribution in [3.63, 3.8) is 0 Å². The monoisotopic (exact) mass is 251 g/mol. The van der Waals surface area contributed by atoms with Crippen LogP contribution in [0.1, 0.15) is 52.9 Å². The maximum atomic E-state index is 12.5. The molecule has 2 bridgehead atoms. The fourth-order valence-corrected chi connectivity index (χ4v) is 4.63. The summed E-state index contributed by atoms with van der Waals surface area (Å²) in [7, 11) is 0. The van der Waals surface area contributed by atoms with Crippen LogP contribution < -0.4 is 10.2 Å². The molecule has 0 radical (unpaired) electrons. The molecule has 0 aromatic heterocycles. The summed E-state index contributed by atoms with van der Waals surface area (Å²) >= 11 is 0. The Morgan fingerprint density at radius 3 is 2.50 bits per heavy atom. The van der Waals surface area contributed by atoms with Crippen molar-refractivity contribution in [2.75, 3.05) is 13.1 Å². The van der Waals surface area contributed by atoms with Crippen molar-refractivity contribution in [1.82, 2.24) is 5.32 Å². The summed E-state index contributed by atoms with van der Waals surface area (Å²) in [5, 5.41) is 3.37. The van der Waals surface area contributed by atoms with E-state index < -0.39 is 0 Å². The Balaban J connectivity index is 1.88. The molecule has 2 heterocycles. The summed E-state index contributed by atoms with van der Waals surface area (Å²) in [6, 6.07) is 0. The lowest BCUT2D eigenvalue weighted by molar-refractivity contribution is -0.937. The van der Waals surface area contributed by atoms with Gasteiger partial charge in [0.15, 0.2) is 6.17 Å². The van der Waals surface area contributed by atoms with Crippen LogP contribution in [-0.2, 0) is 4.79 Å². The van der Waals surface area contributed by atoms with Gasteiger partial charge in [0.1, 0.15) is 0 Å². The van der Waals surface area contributed by atoms with E-state index >= 15 is 0 Å². The Morgan fingerprint density at radius 2 is 1.83 bits per heavy atom. The predicted molar refractivity (Wildman–Crippen MR) is 71.1 cm³/mol. The van der Waals surface area contributed by atoms with E-state index in [-0.39, 0.29) is 10.8 Å². The van der Waals surface area contributed by atoms with Crippen molar-refractivity contribution in [2.24, 2.45) is 16.7 Å². The van der Waals surface area contributed by atoms with E-state index in [1.54, 1.807) is 4.90 Å². The van der Waals surface area contributed by atoms with Crippen LogP contribution in [0.2, 0.25) is 0 Å². The Morgan fingerprint density at radius 1 is 1.17 bits per heavy atom. The van der Waals surface area contributed by atoms with Gasteiger partial charge in [0, 0.05) is 5.92 Å². The first-order valence-corrected chi connectivity index (χ1v) is 7.62. The summed E-state index contributed by atoms with van der Waals surface area (Å²) in [5.41, 5.74) is 0.0217. The smallest absolute Gasteiger partial charge is 0.230 e. The summed E-state index contributed by atoms with van der Waals surface area (Å²) in [6.45, 7) is 9.30. The van der Waals surface area contributed by atoms with Crippen LogP contribution in [0.5, 0.6) is 0 Å². The molecule has 0 aromatic carbocycles. The number of quaternary nitrogens is 1. The molecule has 18 heavy (non-hydrogen) atoms. The number of carbonyl (C=O) groups excluding carboxylic acids is 1. The largest absolute Gasteiger partial charge is 0.315 e. The van der Waals surface area contributed by atoms with Crippen LogP contribution in [0.25, 0.3) is 0 Å². The highest BCUT2D eigenvalue weighted by Crippen LogP contribution is 2.58. The Kier molecular flexibility index (Phi) is 2.74. The second-order valence-electron chi connectivity index (χ2n) is 7.37. The van der Waals surface area contributed by atoms with E-state index in [9.17, 15) is 4.79 Å². The van der Waals surface area contributed by atoms with Gasteiger partial charge in [-0.2, -0.15) is 0 Å². The van der Waals surface area contributed by atoms with Gasteiger partial charge in [-0.15, -0.1) is 0 Å². The quantitative estimate of drug-likeness (QED) is 0.715. The fraction of sp³-hybridized carbons (Fsp3) is 0.933. The second-order valence-corrected chi connectivity index (χ2v) is 7.37. The van der Waals surface area contributed by atoms with Crippen LogP contribution in [0, 0.1) is 16.7 Å². The molecule has 2 N–H and O–H groups in total. The van der Waals surface area contributed by atoms with Gasteiger partial charge < -0.3 is 10.2 Å². The van der Waals surface area contributed by atoms with Crippen LogP contribution in [0.15, 0.2) is 0 Å². The Hall–Kier alpha value is -0.570. The van der Waals surface area contributed by atoms with Gasteiger partial charge in [-0.05, 0) is 37.5 Å². The van der Waals surface area contributed by atoms with Crippen molar-refractivity contribution in [1.29, 1.82) is 0 Å². The number of piperidine rings is 2. The number of likely N-dealkylation sites (tertiary alicyclic amines) is 1. The van der Waals surface area contributed by atoms with Crippen molar-refractivity contribution in [3.05, 3.63) is 0 Å². The maximum Gasteiger partial charge on any atom is 0.230 e. The van der Waals surface area contributed by atoms with Gasteiger partial charge in [0.2, 0.25) is 5.91 Å². The highest BCUT2D eigenvalue weighted by Gasteiger charge is 2.63. The van der Waals surface area contributed by atoms with Crippen molar-refractivity contribution >= 4 is 5.91 Å². The van der Waals surface area contributed by atoms with E-state index in [1.807, 2.05) is 0 Å². The number of fused-ring (bicyclic) bond motifs is 2. The summed E-state index contributed by atoms with van der Waals surface area (Å²) in [4.78, 5) is 14.2. The topological polar surface area (TPSA) is 33.5 Å². The van der Waals surface area contributed by atoms with Gasteiger partial charge in [-0.1, -0.05) is 20.8 Å². The SMILES string of the molecule is CC1(C)[C@H]2CC[C@@]1(C)C(=O)N[C@@H]2[NH+]1CCCCC1. The lowest BCUT2D eigenvalue weighted by atomic mass is 9.62. The molecule has 102 valence electrons. The zero-order valence-corrected chi connectivity index (χ0v) is 12.0. The van der Waals surface area contributed by atoms with E-state index in [2.05, 4.69) is 26.1 Å². The van der Waals surface area contributed by atoms with Crippen molar-refractivity contribution in [2.45, 2.75) is 59.0 Å². The Labute approximate surface area is 110 Å². The summed E-state index contributed by atoms with van der Waals surface area (Å²) < 4.78 is 0. The number of carbonyl (C=O) groups is 1. The van der Waals surface area contributed by atoms with Crippen LogP contribution in [-0.4, -0.2) is 25.2 Å². The molecule has 1 aliphatic carbocycles.